The number of benzene rings is 2. The molecule has 2 aromatic rings. The van der Waals surface area contributed by atoms with Gasteiger partial charge in [-0.05, 0) is 55.0 Å². The molecule has 1 saturated heterocycles. The third-order valence-electron chi connectivity index (χ3n) is 5.84. The van der Waals surface area contributed by atoms with Crippen molar-refractivity contribution in [2.24, 2.45) is 11.7 Å². The molecule has 0 aromatic heterocycles. The van der Waals surface area contributed by atoms with E-state index in [9.17, 15) is 4.79 Å². The molecule has 1 heterocycles. The summed E-state index contributed by atoms with van der Waals surface area (Å²) in [7, 11) is 1.68. The lowest BCUT2D eigenvalue weighted by Gasteiger charge is -2.17. The van der Waals surface area contributed by atoms with E-state index in [0.717, 1.165) is 44.5 Å². The van der Waals surface area contributed by atoms with Crippen molar-refractivity contribution in [1.82, 2.24) is 4.90 Å². The lowest BCUT2D eigenvalue weighted by Crippen LogP contribution is -2.29. The predicted octanol–water partition coefficient (Wildman–Crippen LogP) is 4.42. The van der Waals surface area contributed by atoms with Crippen LogP contribution in [-0.4, -0.2) is 37.6 Å². The van der Waals surface area contributed by atoms with Gasteiger partial charge in [-0.15, -0.1) is 12.4 Å². The van der Waals surface area contributed by atoms with Crippen LogP contribution < -0.4 is 10.5 Å². The number of hydrogen-bond donors (Lipinski definition) is 1. The second kappa shape index (κ2) is 11.8. The average Bonchev–Trinajstić information content (AvgIpc) is 3.19. The zero-order chi connectivity index (χ0) is 19.8. The van der Waals surface area contributed by atoms with Crippen LogP contribution in [0.25, 0.3) is 0 Å². The highest BCUT2D eigenvalue weighted by Gasteiger charge is 2.34. The monoisotopic (exact) mass is 416 g/mol. The Morgan fingerprint density at radius 1 is 1.03 bits per heavy atom. The van der Waals surface area contributed by atoms with Crippen LogP contribution >= 0.6 is 12.4 Å². The van der Waals surface area contributed by atoms with Gasteiger partial charge < -0.3 is 15.4 Å². The molecule has 0 radical (unpaired) electrons. The average molecular weight is 417 g/mol. The van der Waals surface area contributed by atoms with Gasteiger partial charge in [-0.3, -0.25) is 4.79 Å². The van der Waals surface area contributed by atoms with Crippen LogP contribution in [0.3, 0.4) is 0 Å². The normalized spacial score (nSPS) is 18.3. The number of ether oxygens (including phenoxy) is 1. The number of halogens is 1. The number of methoxy groups -OCH3 is 1. The number of unbranched alkanes of at least 4 members (excludes halogenated alkanes) is 2. The van der Waals surface area contributed by atoms with Crippen LogP contribution in [0.1, 0.15) is 42.7 Å². The quantitative estimate of drug-likeness (QED) is 0.615. The van der Waals surface area contributed by atoms with Crippen molar-refractivity contribution in [3.8, 4) is 5.75 Å². The molecule has 1 aliphatic rings. The Hall–Kier alpha value is -2.04. The van der Waals surface area contributed by atoms with E-state index >= 15 is 0 Å². The van der Waals surface area contributed by atoms with Crippen molar-refractivity contribution in [2.45, 2.75) is 38.0 Å². The van der Waals surface area contributed by atoms with Gasteiger partial charge in [-0.25, -0.2) is 0 Å². The molecule has 5 heteroatoms. The maximum absolute atomic E-state index is 12.7. The summed E-state index contributed by atoms with van der Waals surface area (Å²) < 4.78 is 5.19. The van der Waals surface area contributed by atoms with Gasteiger partial charge in [0.25, 0.3) is 0 Å². The Morgan fingerprint density at radius 3 is 2.41 bits per heavy atom. The van der Waals surface area contributed by atoms with E-state index in [1.54, 1.807) is 7.11 Å². The number of amides is 1. The van der Waals surface area contributed by atoms with Crippen LogP contribution in [-0.2, 0) is 11.2 Å². The van der Waals surface area contributed by atoms with Crippen LogP contribution in [0.5, 0.6) is 5.75 Å². The molecule has 0 bridgehead atoms. The topological polar surface area (TPSA) is 55.6 Å². The van der Waals surface area contributed by atoms with Crippen LogP contribution in [0.2, 0.25) is 0 Å². The summed E-state index contributed by atoms with van der Waals surface area (Å²) in [5.74, 6) is 1.90. The predicted molar refractivity (Wildman–Crippen MR) is 121 cm³/mol. The maximum Gasteiger partial charge on any atom is 0.222 e. The molecule has 3 rings (SSSR count). The highest BCUT2D eigenvalue weighted by Crippen LogP contribution is 2.32. The standard InChI is InChI=1S/C24H32N2O2.ClH/c1-28-22-14-12-19(13-15-22)8-4-2-7-11-24(27)26-17-21(16-25)23(18-26)20-9-5-3-6-10-20;/h3,5-6,9-10,12-15,21,23H,2,4,7-8,11,16-18,25H2,1H3;1H/t21-,23+;/m1./s1. The first-order valence-electron chi connectivity index (χ1n) is 10.4. The lowest BCUT2D eigenvalue weighted by atomic mass is 9.89. The molecular weight excluding hydrogens is 384 g/mol. The number of hydrogen-bond acceptors (Lipinski definition) is 3. The van der Waals surface area contributed by atoms with E-state index in [-0.39, 0.29) is 18.3 Å². The number of aryl methyl sites for hydroxylation is 1. The Labute approximate surface area is 180 Å². The zero-order valence-electron chi connectivity index (χ0n) is 17.3. The van der Waals surface area contributed by atoms with E-state index < -0.39 is 0 Å². The Morgan fingerprint density at radius 2 is 1.76 bits per heavy atom. The molecule has 1 aliphatic heterocycles. The Balaban J connectivity index is 0.00000300. The minimum Gasteiger partial charge on any atom is -0.497 e. The minimum absolute atomic E-state index is 0. The van der Waals surface area contributed by atoms with Crippen molar-refractivity contribution in [2.75, 3.05) is 26.7 Å². The Kier molecular flexibility index (Phi) is 9.49. The van der Waals surface area contributed by atoms with Gasteiger partial charge >= 0.3 is 0 Å². The third-order valence-corrected chi connectivity index (χ3v) is 5.84. The molecule has 0 spiro atoms. The lowest BCUT2D eigenvalue weighted by molar-refractivity contribution is -0.130. The van der Waals surface area contributed by atoms with Gasteiger partial charge in [0.2, 0.25) is 5.91 Å². The highest BCUT2D eigenvalue weighted by molar-refractivity contribution is 5.85. The van der Waals surface area contributed by atoms with E-state index in [1.165, 1.54) is 11.1 Å². The molecule has 2 atom stereocenters. The fraction of sp³-hybridized carbons (Fsp3) is 0.458. The summed E-state index contributed by atoms with van der Waals surface area (Å²) in [5, 5.41) is 0. The summed E-state index contributed by atoms with van der Waals surface area (Å²) in [5.41, 5.74) is 8.61. The van der Waals surface area contributed by atoms with Crippen LogP contribution in [0.15, 0.2) is 54.6 Å². The number of likely N-dealkylation sites (tertiary alicyclic amines) is 1. The van der Waals surface area contributed by atoms with Gasteiger partial charge in [-0.2, -0.15) is 0 Å². The second-order valence-electron chi connectivity index (χ2n) is 7.72. The summed E-state index contributed by atoms with van der Waals surface area (Å²) >= 11 is 0. The summed E-state index contributed by atoms with van der Waals surface area (Å²) in [6.45, 7) is 2.22. The second-order valence-corrected chi connectivity index (χ2v) is 7.72. The number of rotatable bonds is 9. The molecule has 2 aromatic carbocycles. The first kappa shape index (κ1) is 23.2. The van der Waals surface area contributed by atoms with Crippen molar-refractivity contribution < 1.29 is 9.53 Å². The molecule has 0 aliphatic carbocycles. The molecule has 1 fully saturated rings. The van der Waals surface area contributed by atoms with Gasteiger partial charge in [0.15, 0.2) is 0 Å². The third kappa shape index (κ3) is 6.48. The van der Waals surface area contributed by atoms with Crippen LogP contribution in [0, 0.1) is 5.92 Å². The maximum atomic E-state index is 12.7. The highest BCUT2D eigenvalue weighted by atomic mass is 35.5. The largest absolute Gasteiger partial charge is 0.497 e. The summed E-state index contributed by atoms with van der Waals surface area (Å²) in [6, 6.07) is 18.7. The van der Waals surface area contributed by atoms with E-state index in [1.807, 2.05) is 23.1 Å². The van der Waals surface area contributed by atoms with E-state index in [4.69, 9.17) is 10.5 Å². The molecule has 29 heavy (non-hydrogen) atoms. The van der Waals surface area contributed by atoms with Gasteiger partial charge in [0, 0.05) is 25.4 Å². The SMILES string of the molecule is COc1ccc(CCCCCC(=O)N2C[C@@H](CN)[C@H](c3ccccc3)C2)cc1.Cl. The number of nitrogens with zero attached hydrogens (tertiary/aromatic N) is 1. The first-order chi connectivity index (χ1) is 13.7. The van der Waals surface area contributed by atoms with Gasteiger partial charge in [0.1, 0.15) is 5.75 Å². The fourth-order valence-electron chi connectivity index (χ4n) is 4.12. The van der Waals surface area contributed by atoms with Gasteiger partial charge in [0.05, 0.1) is 7.11 Å². The van der Waals surface area contributed by atoms with E-state index in [0.29, 0.717) is 24.8 Å². The smallest absolute Gasteiger partial charge is 0.222 e. The first-order valence-corrected chi connectivity index (χ1v) is 10.4. The van der Waals surface area contributed by atoms with Crippen molar-refractivity contribution >= 4 is 18.3 Å². The van der Waals surface area contributed by atoms with Crippen LogP contribution in [0.4, 0.5) is 0 Å². The molecular formula is C24H33ClN2O2. The van der Waals surface area contributed by atoms with E-state index in [2.05, 4.69) is 36.4 Å². The van der Waals surface area contributed by atoms with Crippen molar-refractivity contribution in [1.29, 1.82) is 0 Å². The molecule has 1 amide bonds. The summed E-state index contributed by atoms with van der Waals surface area (Å²) in [4.78, 5) is 14.7. The zero-order valence-corrected chi connectivity index (χ0v) is 18.1. The molecule has 4 nitrogen and oxygen atoms in total. The number of carbonyl (C=O) groups is 1. The minimum atomic E-state index is 0. The number of nitrogens with two attached hydrogens (primary N) is 1. The molecule has 158 valence electrons. The fourth-order valence-corrected chi connectivity index (χ4v) is 4.12. The molecule has 0 unspecified atom stereocenters. The van der Waals surface area contributed by atoms with Crippen molar-refractivity contribution in [3.63, 3.8) is 0 Å². The molecule has 2 N–H and O–H groups in total. The molecule has 0 saturated carbocycles. The number of carbonyl (C=O) groups excluding carboxylic acids is 1. The summed E-state index contributed by atoms with van der Waals surface area (Å²) in [6.07, 6.45) is 4.83. The van der Waals surface area contributed by atoms with Gasteiger partial charge in [-0.1, -0.05) is 48.9 Å². The Bertz CT molecular complexity index is 736. The van der Waals surface area contributed by atoms with Crippen molar-refractivity contribution in [3.05, 3.63) is 65.7 Å².